The van der Waals surface area contributed by atoms with E-state index in [1.54, 1.807) is 0 Å². The minimum absolute atomic E-state index is 0. The van der Waals surface area contributed by atoms with Crippen LogP contribution in [0.1, 0.15) is 30.9 Å². The fraction of sp³-hybridized carbons (Fsp3) is 0.667. The number of carbonyl (C=O) groups excluding carboxylic acids is 1. The van der Waals surface area contributed by atoms with Crippen LogP contribution in [0.5, 0.6) is 0 Å². The van der Waals surface area contributed by atoms with E-state index in [1.807, 2.05) is 0 Å². The van der Waals surface area contributed by atoms with E-state index in [9.17, 15) is 4.79 Å². The first kappa shape index (κ1) is 26.7. The van der Waals surface area contributed by atoms with Gasteiger partial charge in [0.25, 0.3) is 0 Å². The zero-order chi connectivity index (χ0) is 22.2. The maximum absolute atomic E-state index is 11.8. The lowest BCUT2D eigenvalue weighted by molar-refractivity contribution is -0.146. The number of guanidine groups is 1. The van der Waals surface area contributed by atoms with E-state index in [0.29, 0.717) is 0 Å². The average molecular weight is 558 g/mol. The van der Waals surface area contributed by atoms with Crippen LogP contribution in [0.25, 0.3) is 0 Å². The van der Waals surface area contributed by atoms with Crippen molar-refractivity contribution in [2.24, 2.45) is 10.9 Å². The predicted molar refractivity (Wildman–Crippen MR) is 142 cm³/mol. The molecular formula is C24H40IN5O2. The second-order valence-corrected chi connectivity index (χ2v) is 8.57. The SMILES string of the molecule is CCNC(=NCCN1CCN(c2cccc(C)c2C)CC1)N1CCC(C(=O)OC)CC1.I. The number of carbonyl (C=O) groups is 1. The van der Waals surface area contributed by atoms with Crippen LogP contribution in [0.4, 0.5) is 5.69 Å². The maximum Gasteiger partial charge on any atom is 0.308 e. The fourth-order valence-corrected chi connectivity index (χ4v) is 4.51. The number of anilines is 1. The highest BCUT2D eigenvalue weighted by Crippen LogP contribution is 2.24. The molecule has 1 aromatic rings. The number of rotatable bonds is 6. The highest BCUT2D eigenvalue weighted by molar-refractivity contribution is 14.0. The summed E-state index contributed by atoms with van der Waals surface area (Å²) in [7, 11) is 1.47. The third kappa shape index (κ3) is 6.97. The number of hydrogen-bond acceptors (Lipinski definition) is 5. The van der Waals surface area contributed by atoms with Crippen molar-refractivity contribution in [2.45, 2.75) is 33.6 Å². The Hall–Kier alpha value is -1.55. The number of ether oxygens (including phenoxy) is 1. The first-order chi connectivity index (χ1) is 15.0. The highest BCUT2D eigenvalue weighted by Gasteiger charge is 2.27. The van der Waals surface area contributed by atoms with Crippen molar-refractivity contribution in [3.8, 4) is 0 Å². The Morgan fingerprint density at radius 1 is 1.12 bits per heavy atom. The molecule has 2 aliphatic heterocycles. The highest BCUT2D eigenvalue weighted by atomic mass is 127. The zero-order valence-corrected chi connectivity index (χ0v) is 22.4. The minimum atomic E-state index is -0.0819. The molecule has 2 saturated heterocycles. The summed E-state index contributed by atoms with van der Waals surface area (Å²) in [6.07, 6.45) is 1.66. The van der Waals surface area contributed by atoms with Crippen LogP contribution in [0.15, 0.2) is 23.2 Å². The van der Waals surface area contributed by atoms with Crippen LogP contribution in [0, 0.1) is 19.8 Å². The molecule has 0 amide bonds. The summed E-state index contributed by atoms with van der Waals surface area (Å²) in [4.78, 5) is 24.0. The molecule has 2 fully saturated rings. The van der Waals surface area contributed by atoms with Crippen molar-refractivity contribution < 1.29 is 9.53 Å². The van der Waals surface area contributed by atoms with Gasteiger partial charge in [-0.25, -0.2) is 0 Å². The summed E-state index contributed by atoms with van der Waals surface area (Å²) in [5.74, 6) is 0.916. The monoisotopic (exact) mass is 557 g/mol. The van der Waals surface area contributed by atoms with Crippen LogP contribution in [0.3, 0.4) is 0 Å². The first-order valence-electron chi connectivity index (χ1n) is 11.7. The Labute approximate surface area is 210 Å². The molecule has 0 aromatic heterocycles. The molecule has 1 aromatic carbocycles. The van der Waals surface area contributed by atoms with Crippen LogP contribution >= 0.6 is 24.0 Å². The van der Waals surface area contributed by atoms with Gasteiger partial charge in [-0.3, -0.25) is 14.7 Å². The lowest BCUT2D eigenvalue weighted by Gasteiger charge is -2.37. The van der Waals surface area contributed by atoms with Gasteiger partial charge in [-0.2, -0.15) is 0 Å². The topological polar surface area (TPSA) is 60.4 Å². The van der Waals surface area contributed by atoms with E-state index >= 15 is 0 Å². The Morgan fingerprint density at radius 2 is 1.81 bits per heavy atom. The van der Waals surface area contributed by atoms with Gasteiger partial charge in [0.05, 0.1) is 19.6 Å². The van der Waals surface area contributed by atoms with Gasteiger partial charge >= 0.3 is 5.97 Å². The molecule has 180 valence electrons. The van der Waals surface area contributed by atoms with Gasteiger partial charge in [-0.1, -0.05) is 12.1 Å². The predicted octanol–water partition coefficient (Wildman–Crippen LogP) is 2.89. The molecule has 0 aliphatic carbocycles. The number of aliphatic imine (C=N–C) groups is 1. The number of nitrogens with one attached hydrogen (secondary N) is 1. The average Bonchev–Trinajstić information content (AvgIpc) is 2.80. The summed E-state index contributed by atoms with van der Waals surface area (Å²) in [5, 5.41) is 3.42. The van der Waals surface area contributed by atoms with Crippen molar-refractivity contribution in [1.29, 1.82) is 0 Å². The van der Waals surface area contributed by atoms with Crippen LogP contribution in [-0.2, 0) is 9.53 Å². The van der Waals surface area contributed by atoms with E-state index in [4.69, 9.17) is 9.73 Å². The number of piperidine rings is 1. The van der Waals surface area contributed by atoms with Crippen LogP contribution < -0.4 is 10.2 Å². The van der Waals surface area contributed by atoms with Crippen molar-refractivity contribution in [1.82, 2.24) is 15.1 Å². The molecular weight excluding hydrogens is 517 g/mol. The van der Waals surface area contributed by atoms with Gasteiger partial charge in [0.15, 0.2) is 5.96 Å². The Morgan fingerprint density at radius 3 is 2.44 bits per heavy atom. The summed E-state index contributed by atoms with van der Waals surface area (Å²) in [6.45, 7) is 15.1. The molecule has 2 heterocycles. The van der Waals surface area contributed by atoms with Gasteiger partial charge in [0, 0.05) is 58.0 Å². The van der Waals surface area contributed by atoms with E-state index in [-0.39, 0.29) is 35.9 Å². The van der Waals surface area contributed by atoms with Crippen molar-refractivity contribution >= 4 is 41.6 Å². The minimum Gasteiger partial charge on any atom is -0.469 e. The number of benzene rings is 1. The van der Waals surface area contributed by atoms with Gasteiger partial charge in [-0.05, 0) is 50.8 Å². The standard InChI is InChI=1S/C24H39N5O2.HI/c1-5-25-24(29-12-9-21(10-13-29)23(30)31-4)26-11-14-27-15-17-28(18-16-27)22-8-6-7-19(2)20(22)3;/h6-8,21H,5,9-18H2,1-4H3,(H,25,26);1H. The van der Waals surface area contributed by atoms with Gasteiger partial charge in [0.2, 0.25) is 0 Å². The van der Waals surface area contributed by atoms with Crippen LogP contribution in [-0.4, -0.2) is 87.7 Å². The molecule has 7 nitrogen and oxygen atoms in total. The molecule has 0 saturated carbocycles. The summed E-state index contributed by atoms with van der Waals surface area (Å²) >= 11 is 0. The Balaban J connectivity index is 0.00000363. The summed E-state index contributed by atoms with van der Waals surface area (Å²) in [5.41, 5.74) is 4.13. The molecule has 1 N–H and O–H groups in total. The molecule has 0 atom stereocenters. The largest absolute Gasteiger partial charge is 0.469 e. The Bertz CT molecular complexity index is 757. The van der Waals surface area contributed by atoms with Crippen LogP contribution in [0.2, 0.25) is 0 Å². The first-order valence-corrected chi connectivity index (χ1v) is 11.7. The van der Waals surface area contributed by atoms with E-state index in [2.05, 4.69) is 59.0 Å². The molecule has 3 rings (SSSR count). The van der Waals surface area contributed by atoms with Gasteiger partial charge in [-0.15, -0.1) is 24.0 Å². The van der Waals surface area contributed by atoms with Gasteiger partial charge in [0.1, 0.15) is 0 Å². The number of nitrogens with zero attached hydrogens (tertiary/aromatic N) is 4. The number of esters is 1. The molecule has 0 radical (unpaired) electrons. The number of likely N-dealkylation sites (tertiary alicyclic amines) is 1. The molecule has 8 heteroatoms. The maximum atomic E-state index is 11.8. The summed E-state index contributed by atoms with van der Waals surface area (Å²) < 4.78 is 4.90. The van der Waals surface area contributed by atoms with Crippen molar-refractivity contribution in [3.05, 3.63) is 29.3 Å². The number of halogens is 1. The molecule has 32 heavy (non-hydrogen) atoms. The number of aryl methyl sites for hydroxylation is 1. The number of piperazine rings is 1. The van der Waals surface area contributed by atoms with E-state index < -0.39 is 0 Å². The second kappa shape index (κ2) is 13.2. The van der Waals surface area contributed by atoms with E-state index in [1.165, 1.54) is 23.9 Å². The molecule has 2 aliphatic rings. The number of hydrogen-bond donors (Lipinski definition) is 1. The Kier molecular flexibility index (Phi) is 11.0. The van der Waals surface area contributed by atoms with Gasteiger partial charge < -0.3 is 19.9 Å². The third-order valence-electron chi connectivity index (χ3n) is 6.63. The lowest BCUT2D eigenvalue weighted by atomic mass is 9.97. The van der Waals surface area contributed by atoms with Crippen molar-refractivity contribution in [2.75, 3.05) is 70.9 Å². The molecule has 0 bridgehead atoms. The second-order valence-electron chi connectivity index (χ2n) is 8.57. The quantitative estimate of drug-likeness (QED) is 0.251. The molecule has 0 spiro atoms. The number of methoxy groups -OCH3 is 1. The zero-order valence-electron chi connectivity index (χ0n) is 20.1. The molecule has 0 unspecified atom stereocenters. The third-order valence-corrected chi connectivity index (χ3v) is 6.63. The lowest BCUT2D eigenvalue weighted by Crippen LogP contribution is -2.48. The van der Waals surface area contributed by atoms with Crippen molar-refractivity contribution in [3.63, 3.8) is 0 Å². The smallest absolute Gasteiger partial charge is 0.308 e. The normalized spacial score (nSPS) is 18.3. The van der Waals surface area contributed by atoms with E-state index in [0.717, 1.165) is 77.7 Å². The fourth-order valence-electron chi connectivity index (χ4n) is 4.51. The summed E-state index contributed by atoms with van der Waals surface area (Å²) in [6, 6.07) is 6.59.